The van der Waals surface area contributed by atoms with Crippen molar-refractivity contribution in [2.24, 2.45) is 0 Å². The van der Waals surface area contributed by atoms with Gasteiger partial charge in [-0.25, -0.2) is 4.39 Å². The monoisotopic (exact) mass is 380 g/mol. The Balaban J connectivity index is 2.09. The van der Waals surface area contributed by atoms with Gasteiger partial charge in [-0.3, -0.25) is 9.69 Å². The van der Waals surface area contributed by atoms with Gasteiger partial charge >= 0.3 is 0 Å². The summed E-state index contributed by atoms with van der Waals surface area (Å²) in [6.07, 6.45) is 0. The molecule has 0 fully saturated rings. The van der Waals surface area contributed by atoms with Gasteiger partial charge in [0.15, 0.2) is 11.5 Å². The van der Waals surface area contributed by atoms with Gasteiger partial charge in [-0.05, 0) is 38.2 Å². The minimum atomic E-state index is -0.455. The summed E-state index contributed by atoms with van der Waals surface area (Å²) in [7, 11) is 4.98. The Morgan fingerprint density at radius 3 is 2.62 bits per heavy atom. The van der Waals surface area contributed by atoms with Gasteiger partial charge in [-0.2, -0.15) is 0 Å². The predicted octanol–water partition coefficient (Wildman–Crippen LogP) is 3.96. The third-order valence-electron chi connectivity index (χ3n) is 4.13. The minimum Gasteiger partial charge on any atom is -0.493 e. The first-order chi connectivity index (χ1) is 12.4. The third kappa shape index (κ3) is 4.65. The number of likely N-dealkylation sites (N-methyl/N-ethyl adjacent to an activating group) is 1. The van der Waals surface area contributed by atoms with E-state index in [1.54, 1.807) is 21.1 Å². The molecule has 2 aromatic carbocycles. The van der Waals surface area contributed by atoms with Crippen molar-refractivity contribution in [3.8, 4) is 11.5 Å². The van der Waals surface area contributed by atoms with E-state index >= 15 is 0 Å². The zero-order valence-electron chi connectivity index (χ0n) is 15.2. The molecule has 0 aromatic heterocycles. The predicted molar refractivity (Wildman–Crippen MR) is 101 cm³/mol. The lowest BCUT2D eigenvalue weighted by Crippen LogP contribution is -2.39. The standard InChI is InChI=1S/C19H22ClFN2O3/c1-12(19(24)22-16-9-8-14(21)10-15(16)20)23(2)11-13-6-5-7-17(25-3)18(13)26-4/h5-10,12H,11H2,1-4H3,(H,22,24)/t12-/m1/s1. The van der Waals surface area contributed by atoms with Gasteiger partial charge in [0.2, 0.25) is 5.91 Å². The van der Waals surface area contributed by atoms with Crippen LogP contribution in [0.3, 0.4) is 0 Å². The number of hydrogen-bond acceptors (Lipinski definition) is 4. The quantitative estimate of drug-likeness (QED) is 0.790. The summed E-state index contributed by atoms with van der Waals surface area (Å²) in [6.45, 7) is 2.26. The molecule has 0 radical (unpaired) electrons. The summed E-state index contributed by atoms with van der Waals surface area (Å²) >= 11 is 5.96. The van der Waals surface area contributed by atoms with Crippen LogP contribution in [-0.2, 0) is 11.3 Å². The zero-order valence-corrected chi connectivity index (χ0v) is 15.9. The molecular formula is C19H22ClFN2O3. The maximum Gasteiger partial charge on any atom is 0.241 e. The number of ether oxygens (including phenoxy) is 2. The van der Waals surface area contributed by atoms with E-state index in [0.717, 1.165) is 11.6 Å². The number of nitrogens with zero attached hydrogens (tertiary/aromatic N) is 1. The Hall–Kier alpha value is -2.31. The number of halogens is 2. The summed E-state index contributed by atoms with van der Waals surface area (Å²) in [5.41, 5.74) is 1.27. The van der Waals surface area contributed by atoms with E-state index in [2.05, 4.69) is 5.32 Å². The number of amides is 1. The van der Waals surface area contributed by atoms with Gasteiger partial charge in [0.25, 0.3) is 0 Å². The first-order valence-electron chi connectivity index (χ1n) is 8.03. The minimum absolute atomic E-state index is 0.155. The molecule has 1 atom stereocenters. The molecule has 1 N–H and O–H groups in total. The second-order valence-corrected chi connectivity index (χ2v) is 6.26. The van der Waals surface area contributed by atoms with Gasteiger partial charge in [0.05, 0.1) is 31.0 Å². The Kier molecular flexibility index (Phi) is 6.83. The van der Waals surface area contributed by atoms with Gasteiger partial charge in [0, 0.05) is 12.1 Å². The highest BCUT2D eigenvalue weighted by molar-refractivity contribution is 6.33. The van der Waals surface area contributed by atoms with Crippen LogP contribution >= 0.6 is 11.6 Å². The number of hydrogen-bond donors (Lipinski definition) is 1. The molecule has 0 aliphatic rings. The molecular weight excluding hydrogens is 359 g/mol. The maximum atomic E-state index is 13.1. The molecule has 0 unspecified atom stereocenters. The number of anilines is 1. The SMILES string of the molecule is COc1cccc(CN(C)[C@H](C)C(=O)Nc2ccc(F)cc2Cl)c1OC. The molecule has 0 aliphatic carbocycles. The average Bonchev–Trinajstić information content (AvgIpc) is 2.62. The van der Waals surface area contributed by atoms with E-state index in [4.69, 9.17) is 21.1 Å². The van der Waals surface area contributed by atoms with Crippen molar-refractivity contribution in [1.29, 1.82) is 0 Å². The van der Waals surface area contributed by atoms with Crippen LogP contribution in [0.1, 0.15) is 12.5 Å². The van der Waals surface area contributed by atoms with Gasteiger partial charge in [0.1, 0.15) is 5.82 Å². The fourth-order valence-corrected chi connectivity index (χ4v) is 2.73. The number of carbonyl (C=O) groups excluding carboxylic acids is 1. The second kappa shape index (κ2) is 8.87. The van der Waals surface area contributed by atoms with Crippen LogP contribution in [-0.4, -0.2) is 38.1 Å². The molecule has 0 saturated carbocycles. The molecule has 0 bridgehead atoms. The number of benzene rings is 2. The van der Waals surface area contributed by atoms with Gasteiger partial charge < -0.3 is 14.8 Å². The summed E-state index contributed by atoms with van der Waals surface area (Å²) in [5.74, 6) is 0.566. The van der Waals surface area contributed by atoms with Crippen molar-refractivity contribution in [3.63, 3.8) is 0 Å². The highest BCUT2D eigenvalue weighted by atomic mass is 35.5. The van der Waals surface area contributed by atoms with E-state index in [-0.39, 0.29) is 10.9 Å². The van der Waals surface area contributed by atoms with Crippen molar-refractivity contribution < 1.29 is 18.7 Å². The van der Waals surface area contributed by atoms with E-state index in [1.807, 2.05) is 30.1 Å². The van der Waals surface area contributed by atoms with Crippen molar-refractivity contribution in [3.05, 3.63) is 52.8 Å². The lowest BCUT2D eigenvalue weighted by molar-refractivity contribution is -0.120. The molecule has 2 rings (SSSR count). The van der Waals surface area contributed by atoms with E-state index in [9.17, 15) is 9.18 Å². The summed E-state index contributed by atoms with van der Waals surface area (Å²) in [5, 5.41) is 2.88. The number of methoxy groups -OCH3 is 2. The maximum absolute atomic E-state index is 13.1. The number of carbonyl (C=O) groups is 1. The average molecular weight is 381 g/mol. The lowest BCUT2D eigenvalue weighted by atomic mass is 10.1. The molecule has 0 heterocycles. The molecule has 26 heavy (non-hydrogen) atoms. The summed E-state index contributed by atoms with van der Waals surface area (Å²) < 4.78 is 23.8. The summed E-state index contributed by atoms with van der Waals surface area (Å²) in [4.78, 5) is 14.4. The summed E-state index contributed by atoms with van der Waals surface area (Å²) in [6, 6.07) is 8.99. The smallest absolute Gasteiger partial charge is 0.241 e. The Bertz CT molecular complexity index is 785. The van der Waals surface area contributed by atoms with Crippen LogP contribution in [0, 0.1) is 5.82 Å². The largest absolute Gasteiger partial charge is 0.493 e. The van der Waals surface area contributed by atoms with Crippen LogP contribution in [0.5, 0.6) is 11.5 Å². The lowest BCUT2D eigenvalue weighted by Gasteiger charge is -2.25. The van der Waals surface area contributed by atoms with E-state index in [1.165, 1.54) is 12.1 Å². The third-order valence-corrected chi connectivity index (χ3v) is 4.45. The number of nitrogens with one attached hydrogen (secondary N) is 1. The normalized spacial score (nSPS) is 12.0. The number of para-hydroxylation sites is 1. The van der Waals surface area contributed by atoms with Crippen LogP contribution in [0.25, 0.3) is 0 Å². The van der Waals surface area contributed by atoms with Crippen molar-refractivity contribution in [1.82, 2.24) is 4.90 Å². The second-order valence-electron chi connectivity index (χ2n) is 5.86. The Labute approximate surface area is 157 Å². The van der Waals surface area contributed by atoms with E-state index < -0.39 is 11.9 Å². The molecule has 140 valence electrons. The topological polar surface area (TPSA) is 50.8 Å². The zero-order chi connectivity index (χ0) is 19.3. The fourth-order valence-electron chi connectivity index (χ4n) is 2.51. The fraction of sp³-hybridized carbons (Fsp3) is 0.316. The van der Waals surface area contributed by atoms with Gasteiger partial charge in [-0.1, -0.05) is 23.7 Å². The van der Waals surface area contributed by atoms with Crippen LogP contribution < -0.4 is 14.8 Å². The van der Waals surface area contributed by atoms with E-state index in [0.29, 0.717) is 23.7 Å². The van der Waals surface area contributed by atoms with Crippen molar-refractivity contribution in [2.75, 3.05) is 26.6 Å². The Morgan fingerprint density at radius 2 is 2.00 bits per heavy atom. The molecule has 5 nitrogen and oxygen atoms in total. The molecule has 1 amide bonds. The van der Waals surface area contributed by atoms with Crippen molar-refractivity contribution >= 4 is 23.2 Å². The highest BCUT2D eigenvalue weighted by Crippen LogP contribution is 2.31. The van der Waals surface area contributed by atoms with Crippen LogP contribution in [0.2, 0.25) is 5.02 Å². The van der Waals surface area contributed by atoms with Crippen LogP contribution in [0.4, 0.5) is 10.1 Å². The Morgan fingerprint density at radius 1 is 1.27 bits per heavy atom. The van der Waals surface area contributed by atoms with Crippen molar-refractivity contribution in [2.45, 2.75) is 19.5 Å². The van der Waals surface area contributed by atoms with Gasteiger partial charge in [-0.15, -0.1) is 0 Å². The highest BCUT2D eigenvalue weighted by Gasteiger charge is 2.21. The number of rotatable bonds is 7. The van der Waals surface area contributed by atoms with Crippen LogP contribution in [0.15, 0.2) is 36.4 Å². The molecule has 0 saturated heterocycles. The molecule has 2 aromatic rings. The molecule has 0 aliphatic heterocycles. The first-order valence-corrected chi connectivity index (χ1v) is 8.41. The first kappa shape index (κ1) is 20.0. The molecule has 7 heteroatoms. The molecule has 0 spiro atoms.